The van der Waals surface area contributed by atoms with Crippen molar-refractivity contribution >= 4 is 11.1 Å². The molecule has 276 valence electrons. The van der Waals surface area contributed by atoms with Gasteiger partial charge in [-0.1, -0.05) is 0 Å². The summed E-state index contributed by atoms with van der Waals surface area (Å²) in [4.78, 5) is 4.06. The van der Waals surface area contributed by atoms with E-state index in [1.807, 2.05) is 9.97 Å². The van der Waals surface area contributed by atoms with Crippen LogP contribution in [0, 0.1) is 109 Å². The number of aromatic nitrogens is 2. The first-order valence-corrected chi connectivity index (χ1v) is 13.2. The van der Waals surface area contributed by atoms with Gasteiger partial charge < -0.3 is 0 Å². The Kier molecular flexibility index (Phi) is 9.90. The molecule has 1 aliphatic carbocycles. The second-order valence-corrected chi connectivity index (χ2v) is 10.3. The van der Waals surface area contributed by atoms with Crippen molar-refractivity contribution in [3.63, 3.8) is 0 Å². The molecule has 54 heavy (non-hydrogen) atoms. The standard InChI is InChI=1S/C30H2F17N7/c31-17-9(4-51)18(32)22(36)14(21(17)35)6(1-48)11-12(7(2-49)15-23(37)19(33)10(5-52)20(34)24(15)38)13(11)8(3-50)16-25(28(39,40)41)53-27(30(45,46)47)54-26(16)29(42,43)44/h8,13H/b11-6+,12-7?. The van der Waals surface area contributed by atoms with E-state index < -0.39 is 144 Å². The SMILES string of the molecule is N#CC(=C1/C(=C(/C#N)c2c(F)c(F)c(C#N)c(F)c2F)C1C(C#N)c1c(C(F)(F)F)nc(C(F)(F)F)nc1C(F)(F)F)c1c(F)c(F)c(C#N)c(F)c1F. The monoisotopic (exact) mass is 783 g/mol. The molecule has 1 saturated carbocycles. The minimum absolute atomic E-state index is 0.669. The smallest absolute Gasteiger partial charge is 0.219 e. The summed E-state index contributed by atoms with van der Waals surface area (Å²) in [5.74, 6) is -31.0. The molecule has 7 nitrogen and oxygen atoms in total. The van der Waals surface area contributed by atoms with Crippen LogP contribution in [0.1, 0.15) is 50.9 Å². The van der Waals surface area contributed by atoms with Crippen LogP contribution in [0.25, 0.3) is 11.1 Å². The minimum Gasteiger partial charge on any atom is -0.219 e. The molecule has 0 N–H and O–H groups in total. The number of nitrogens with zero attached hydrogens (tertiary/aromatic N) is 7. The third-order valence-corrected chi connectivity index (χ3v) is 7.36. The van der Waals surface area contributed by atoms with E-state index in [9.17, 15) is 72.9 Å². The number of alkyl halides is 9. The molecule has 24 heteroatoms. The van der Waals surface area contributed by atoms with Gasteiger partial charge in [0, 0.05) is 11.5 Å². The Balaban J connectivity index is 2.34. The lowest BCUT2D eigenvalue weighted by molar-refractivity contribution is -0.160. The third-order valence-electron chi connectivity index (χ3n) is 7.36. The van der Waals surface area contributed by atoms with Crippen LogP contribution in [-0.4, -0.2) is 9.97 Å². The van der Waals surface area contributed by atoms with Crippen molar-refractivity contribution in [3.8, 4) is 30.3 Å². The Labute approximate surface area is 285 Å². The van der Waals surface area contributed by atoms with Crippen LogP contribution in [0.3, 0.4) is 0 Å². The minimum atomic E-state index is -6.42. The summed E-state index contributed by atoms with van der Waals surface area (Å²) in [6.07, 6.45) is -19.0. The summed E-state index contributed by atoms with van der Waals surface area (Å²) in [7, 11) is 0. The highest BCUT2D eigenvalue weighted by atomic mass is 19.4. The molecule has 1 fully saturated rings. The van der Waals surface area contributed by atoms with Gasteiger partial charge in [0.15, 0.2) is 57.9 Å². The lowest BCUT2D eigenvalue weighted by atomic mass is 9.89. The topological polar surface area (TPSA) is 145 Å². The maximum absolute atomic E-state index is 15.2. The third kappa shape index (κ3) is 6.23. The molecule has 0 radical (unpaired) electrons. The second kappa shape index (κ2) is 13.3. The van der Waals surface area contributed by atoms with E-state index in [-0.39, 0.29) is 0 Å². The van der Waals surface area contributed by atoms with Crippen molar-refractivity contribution in [1.29, 1.82) is 26.3 Å². The Morgan fingerprint density at radius 3 is 1.04 bits per heavy atom. The number of benzene rings is 2. The molecule has 0 bridgehead atoms. The highest BCUT2D eigenvalue weighted by Crippen LogP contribution is 2.61. The van der Waals surface area contributed by atoms with Crippen LogP contribution in [-0.2, 0) is 18.5 Å². The van der Waals surface area contributed by atoms with Gasteiger partial charge in [0.25, 0.3) is 0 Å². The van der Waals surface area contributed by atoms with Crippen LogP contribution in [0.15, 0.2) is 11.1 Å². The van der Waals surface area contributed by atoms with E-state index in [0.717, 1.165) is 18.2 Å². The molecule has 1 aromatic heterocycles. The van der Waals surface area contributed by atoms with Crippen molar-refractivity contribution in [2.24, 2.45) is 5.92 Å². The van der Waals surface area contributed by atoms with E-state index in [2.05, 4.69) is 0 Å². The van der Waals surface area contributed by atoms with E-state index in [0.29, 0.717) is 12.1 Å². The molecule has 0 spiro atoms. The number of allylic oxidation sites excluding steroid dienone is 4. The number of rotatable bonds is 4. The van der Waals surface area contributed by atoms with Crippen molar-refractivity contribution < 1.29 is 74.6 Å². The normalized spacial score (nSPS) is 16.7. The Morgan fingerprint density at radius 1 is 0.500 bits per heavy atom. The fourth-order valence-corrected chi connectivity index (χ4v) is 5.18. The van der Waals surface area contributed by atoms with Crippen LogP contribution >= 0.6 is 0 Å². The van der Waals surface area contributed by atoms with Crippen molar-refractivity contribution in [3.05, 3.63) is 103 Å². The maximum Gasteiger partial charge on any atom is 0.451 e. The number of hydrogen-bond acceptors (Lipinski definition) is 7. The molecule has 2 atom stereocenters. The van der Waals surface area contributed by atoms with Gasteiger partial charge in [-0.2, -0.15) is 65.8 Å². The summed E-state index contributed by atoms with van der Waals surface area (Å²) < 4.78 is 244. The van der Waals surface area contributed by atoms with E-state index in [1.165, 1.54) is 0 Å². The number of hydrogen-bond donors (Lipinski definition) is 0. The Bertz CT molecular complexity index is 2250. The summed E-state index contributed by atoms with van der Waals surface area (Å²) in [6, 6.07) is 3.64. The van der Waals surface area contributed by atoms with Crippen LogP contribution < -0.4 is 0 Å². The summed E-state index contributed by atoms with van der Waals surface area (Å²) in [6.45, 7) is 0. The molecular formula is C30H2F17N7. The van der Waals surface area contributed by atoms with Crippen LogP contribution in [0.4, 0.5) is 74.6 Å². The molecule has 3 aromatic rings. The Hall–Kier alpha value is -6.74. The quantitative estimate of drug-likeness (QED) is 0.146. The molecule has 0 saturated heterocycles. The first-order valence-electron chi connectivity index (χ1n) is 13.2. The molecular weight excluding hydrogens is 781 g/mol. The highest BCUT2D eigenvalue weighted by Gasteiger charge is 2.57. The second-order valence-electron chi connectivity index (χ2n) is 10.3. The zero-order valence-corrected chi connectivity index (χ0v) is 24.7. The van der Waals surface area contributed by atoms with Gasteiger partial charge in [-0.25, -0.2) is 45.1 Å². The molecule has 0 aliphatic heterocycles. The molecule has 0 amide bonds. The molecule has 4 rings (SSSR count). The summed E-state index contributed by atoms with van der Waals surface area (Å²) in [5.41, 5.74) is -25.1. The van der Waals surface area contributed by atoms with Gasteiger partial charge in [0.1, 0.15) is 35.4 Å². The molecule has 1 heterocycles. The van der Waals surface area contributed by atoms with Gasteiger partial charge in [-0.15, -0.1) is 0 Å². The highest BCUT2D eigenvalue weighted by molar-refractivity contribution is 5.98. The predicted molar refractivity (Wildman–Crippen MR) is 136 cm³/mol. The van der Waals surface area contributed by atoms with Crippen molar-refractivity contribution in [1.82, 2.24) is 9.97 Å². The van der Waals surface area contributed by atoms with Crippen molar-refractivity contribution in [2.75, 3.05) is 0 Å². The zero-order chi connectivity index (χ0) is 41.2. The first kappa shape index (κ1) is 40.0. The summed E-state index contributed by atoms with van der Waals surface area (Å²) >= 11 is 0. The predicted octanol–water partition coefficient (Wildman–Crippen LogP) is 8.58. The van der Waals surface area contributed by atoms with Gasteiger partial charge in [-0.05, 0) is 11.1 Å². The molecule has 2 unspecified atom stereocenters. The lowest BCUT2D eigenvalue weighted by Crippen LogP contribution is -2.27. The van der Waals surface area contributed by atoms with Gasteiger partial charge in [0.05, 0.1) is 34.3 Å². The maximum atomic E-state index is 15.2. The fourth-order valence-electron chi connectivity index (χ4n) is 5.18. The average Bonchev–Trinajstić information content (AvgIpc) is 3.79. The van der Waals surface area contributed by atoms with Crippen LogP contribution in [0.5, 0.6) is 0 Å². The van der Waals surface area contributed by atoms with Crippen molar-refractivity contribution in [2.45, 2.75) is 24.4 Å². The van der Waals surface area contributed by atoms with Crippen LogP contribution in [0.2, 0.25) is 0 Å². The molecule has 2 aromatic carbocycles. The largest absolute Gasteiger partial charge is 0.451 e. The van der Waals surface area contributed by atoms with Gasteiger partial charge >= 0.3 is 18.5 Å². The van der Waals surface area contributed by atoms with Gasteiger partial charge in [-0.3, -0.25) is 0 Å². The zero-order valence-electron chi connectivity index (χ0n) is 24.7. The first-order chi connectivity index (χ1) is 24.9. The van der Waals surface area contributed by atoms with E-state index in [1.54, 1.807) is 0 Å². The average molecular weight is 783 g/mol. The van der Waals surface area contributed by atoms with Gasteiger partial charge in [0.2, 0.25) is 5.82 Å². The fraction of sp³-hybridized carbons (Fsp3) is 0.167. The van der Waals surface area contributed by atoms with E-state index in [4.69, 9.17) is 10.5 Å². The number of halogens is 17. The number of nitriles is 5. The summed E-state index contributed by atoms with van der Waals surface area (Å²) in [5, 5.41) is 47.3. The Morgan fingerprint density at radius 2 is 0.815 bits per heavy atom. The molecule has 1 aliphatic rings. The van der Waals surface area contributed by atoms with E-state index >= 15 is 17.6 Å². The lowest BCUT2D eigenvalue weighted by Gasteiger charge is -2.21.